The van der Waals surface area contributed by atoms with Crippen molar-refractivity contribution < 1.29 is 14.3 Å². The summed E-state index contributed by atoms with van der Waals surface area (Å²) in [5, 5.41) is 0. The van der Waals surface area contributed by atoms with E-state index in [9.17, 15) is 9.59 Å². The summed E-state index contributed by atoms with van der Waals surface area (Å²) in [6, 6.07) is 0.782. The molecule has 1 aromatic rings. The minimum absolute atomic E-state index is 0.0611. The maximum Gasteiger partial charge on any atom is 0.323 e. The average molecular weight is 371 g/mol. The van der Waals surface area contributed by atoms with Gasteiger partial charge in [0.2, 0.25) is 0 Å². The Morgan fingerprint density at radius 2 is 2.19 bits per heavy atom. The molecule has 2 N–H and O–H groups in total. The third-order valence-corrected chi connectivity index (χ3v) is 4.21. The van der Waals surface area contributed by atoms with Gasteiger partial charge in [-0.3, -0.25) is 9.59 Å². The Morgan fingerprint density at radius 3 is 2.62 bits per heavy atom. The highest BCUT2D eigenvalue weighted by Gasteiger charge is 2.21. The SMILES string of the molecule is COC(=O)C(N)CC(=O)c1cc(Br)sc1Br. The van der Waals surface area contributed by atoms with E-state index in [2.05, 4.69) is 36.6 Å². The van der Waals surface area contributed by atoms with Crippen LogP contribution in [0.2, 0.25) is 0 Å². The van der Waals surface area contributed by atoms with Crippen molar-refractivity contribution in [3.8, 4) is 0 Å². The molecule has 0 aliphatic carbocycles. The second-order valence-electron chi connectivity index (χ2n) is 2.99. The van der Waals surface area contributed by atoms with Crippen molar-refractivity contribution in [1.29, 1.82) is 0 Å². The first-order chi connectivity index (χ1) is 7.45. The molecule has 0 aliphatic heterocycles. The lowest BCUT2D eigenvalue weighted by Crippen LogP contribution is -2.33. The minimum atomic E-state index is -0.914. The number of methoxy groups -OCH3 is 1. The summed E-state index contributed by atoms with van der Waals surface area (Å²) in [4.78, 5) is 22.8. The van der Waals surface area contributed by atoms with Gasteiger partial charge in [-0.15, -0.1) is 11.3 Å². The average Bonchev–Trinajstić information content (AvgIpc) is 2.56. The van der Waals surface area contributed by atoms with E-state index in [4.69, 9.17) is 5.73 Å². The smallest absolute Gasteiger partial charge is 0.323 e. The van der Waals surface area contributed by atoms with Crippen molar-refractivity contribution in [3.05, 3.63) is 19.2 Å². The van der Waals surface area contributed by atoms with Crippen LogP contribution >= 0.6 is 43.2 Å². The van der Waals surface area contributed by atoms with Crippen LogP contribution in [0.5, 0.6) is 0 Å². The first kappa shape index (κ1) is 13.8. The predicted octanol–water partition coefficient (Wildman–Crippen LogP) is 2.35. The number of ether oxygens (including phenoxy) is 1. The zero-order valence-corrected chi connectivity index (χ0v) is 12.3. The number of halogens is 2. The Labute approximate surface area is 113 Å². The Balaban J connectivity index is 2.73. The van der Waals surface area contributed by atoms with Crippen molar-refractivity contribution in [2.45, 2.75) is 12.5 Å². The Hall–Kier alpha value is -0.240. The Kier molecular flexibility index (Phi) is 5.10. The predicted molar refractivity (Wildman–Crippen MR) is 68.7 cm³/mol. The van der Waals surface area contributed by atoms with E-state index in [-0.39, 0.29) is 12.2 Å². The molecule has 16 heavy (non-hydrogen) atoms. The molecule has 1 atom stereocenters. The van der Waals surface area contributed by atoms with Gasteiger partial charge in [0.25, 0.3) is 0 Å². The van der Waals surface area contributed by atoms with Gasteiger partial charge in [-0.2, -0.15) is 0 Å². The summed E-state index contributed by atoms with van der Waals surface area (Å²) in [6.07, 6.45) is -0.0611. The zero-order valence-electron chi connectivity index (χ0n) is 8.33. The molecule has 0 aliphatic rings. The van der Waals surface area contributed by atoms with Crippen LogP contribution in [0.1, 0.15) is 16.8 Å². The molecule has 1 aromatic heterocycles. The molecule has 0 aromatic carbocycles. The Bertz CT molecular complexity index is 419. The van der Waals surface area contributed by atoms with Crippen molar-refractivity contribution in [3.63, 3.8) is 0 Å². The second-order valence-corrected chi connectivity index (χ2v) is 6.74. The van der Waals surface area contributed by atoms with Gasteiger partial charge in [0.1, 0.15) is 6.04 Å². The van der Waals surface area contributed by atoms with E-state index >= 15 is 0 Å². The second kappa shape index (κ2) is 5.90. The molecule has 0 amide bonds. The first-order valence-corrected chi connectivity index (χ1v) is 6.67. The number of nitrogens with two attached hydrogens (primary N) is 1. The summed E-state index contributed by atoms with van der Waals surface area (Å²) in [7, 11) is 1.24. The fourth-order valence-corrected chi connectivity index (χ4v) is 3.93. The molecule has 0 radical (unpaired) electrons. The van der Waals surface area contributed by atoms with Gasteiger partial charge < -0.3 is 10.5 Å². The van der Waals surface area contributed by atoms with Gasteiger partial charge >= 0.3 is 5.97 Å². The minimum Gasteiger partial charge on any atom is -0.468 e. The lowest BCUT2D eigenvalue weighted by Gasteiger charge is -2.07. The summed E-state index contributed by atoms with van der Waals surface area (Å²) >= 11 is 7.94. The fourth-order valence-electron chi connectivity index (χ4n) is 1.07. The third-order valence-electron chi connectivity index (χ3n) is 1.87. The largest absolute Gasteiger partial charge is 0.468 e. The molecule has 7 heteroatoms. The van der Waals surface area contributed by atoms with Crippen molar-refractivity contribution in [1.82, 2.24) is 0 Å². The van der Waals surface area contributed by atoms with Crippen LogP contribution in [0, 0.1) is 0 Å². The molecule has 4 nitrogen and oxygen atoms in total. The van der Waals surface area contributed by atoms with Crippen LogP contribution in [0.15, 0.2) is 13.6 Å². The van der Waals surface area contributed by atoms with Gasteiger partial charge in [0.15, 0.2) is 5.78 Å². The van der Waals surface area contributed by atoms with E-state index in [1.54, 1.807) is 6.07 Å². The van der Waals surface area contributed by atoms with Gasteiger partial charge in [-0.25, -0.2) is 0 Å². The maximum atomic E-state index is 11.8. The highest BCUT2D eigenvalue weighted by atomic mass is 79.9. The fraction of sp³-hybridized carbons (Fsp3) is 0.333. The molecule has 88 valence electrons. The van der Waals surface area contributed by atoms with E-state index in [0.29, 0.717) is 5.56 Å². The summed E-state index contributed by atoms with van der Waals surface area (Å²) < 4.78 is 6.02. The van der Waals surface area contributed by atoms with E-state index in [0.717, 1.165) is 7.57 Å². The number of carbonyl (C=O) groups is 2. The van der Waals surface area contributed by atoms with E-state index in [1.807, 2.05) is 0 Å². The van der Waals surface area contributed by atoms with Crippen LogP contribution in [0.3, 0.4) is 0 Å². The number of hydrogen-bond acceptors (Lipinski definition) is 5. The van der Waals surface area contributed by atoms with Gasteiger partial charge in [-0.05, 0) is 37.9 Å². The molecule has 0 fully saturated rings. The van der Waals surface area contributed by atoms with Crippen LogP contribution in [0.25, 0.3) is 0 Å². The summed E-state index contributed by atoms with van der Waals surface area (Å²) in [6.45, 7) is 0. The molecule has 1 heterocycles. The number of esters is 1. The number of thiophene rings is 1. The number of Topliss-reactive ketones (excluding diaryl/α,β-unsaturated/α-hetero) is 1. The lowest BCUT2D eigenvalue weighted by molar-refractivity contribution is -0.142. The number of hydrogen-bond donors (Lipinski definition) is 1. The van der Waals surface area contributed by atoms with E-state index < -0.39 is 12.0 Å². The first-order valence-electron chi connectivity index (χ1n) is 4.27. The number of rotatable bonds is 4. The molecule has 0 bridgehead atoms. The molecule has 0 spiro atoms. The van der Waals surface area contributed by atoms with Crippen LogP contribution in [0.4, 0.5) is 0 Å². The van der Waals surface area contributed by atoms with Gasteiger partial charge in [0, 0.05) is 12.0 Å². The maximum absolute atomic E-state index is 11.8. The highest BCUT2D eigenvalue weighted by molar-refractivity contribution is 9.12. The van der Waals surface area contributed by atoms with Gasteiger partial charge in [-0.1, -0.05) is 0 Å². The monoisotopic (exact) mass is 369 g/mol. The molecular weight excluding hydrogens is 362 g/mol. The molecule has 1 unspecified atom stereocenters. The van der Waals surface area contributed by atoms with Crippen molar-refractivity contribution in [2.75, 3.05) is 7.11 Å². The van der Waals surface area contributed by atoms with Gasteiger partial charge in [0.05, 0.1) is 14.7 Å². The van der Waals surface area contributed by atoms with Crippen LogP contribution in [-0.2, 0) is 9.53 Å². The number of carbonyl (C=O) groups excluding carboxylic acids is 2. The third kappa shape index (κ3) is 3.38. The standard InChI is InChI=1S/C9H9Br2NO3S/c1-15-9(14)5(12)3-6(13)4-2-7(10)16-8(4)11/h2,5H,3,12H2,1H3. The molecule has 0 saturated heterocycles. The van der Waals surface area contributed by atoms with E-state index in [1.165, 1.54) is 18.4 Å². The van der Waals surface area contributed by atoms with Crippen LogP contribution in [-0.4, -0.2) is 24.9 Å². The zero-order chi connectivity index (χ0) is 12.3. The topological polar surface area (TPSA) is 69.4 Å². The lowest BCUT2D eigenvalue weighted by atomic mass is 10.1. The van der Waals surface area contributed by atoms with Crippen molar-refractivity contribution in [2.24, 2.45) is 5.73 Å². The summed E-state index contributed by atoms with van der Waals surface area (Å²) in [5.41, 5.74) is 6.03. The normalized spacial score (nSPS) is 12.2. The van der Waals surface area contributed by atoms with Crippen molar-refractivity contribution >= 4 is 54.9 Å². The van der Waals surface area contributed by atoms with Crippen LogP contribution < -0.4 is 5.73 Å². The quantitative estimate of drug-likeness (QED) is 0.652. The highest BCUT2D eigenvalue weighted by Crippen LogP contribution is 2.32. The molecule has 1 rings (SSSR count). The number of ketones is 1. The summed E-state index contributed by atoms with van der Waals surface area (Å²) in [5.74, 6) is -0.773. The molecular formula is C9H9Br2NO3S. The Morgan fingerprint density at radius 1 is 1.56 bits per heavy atom. The molecule has 0 saturated carbocycles.